The molecule has 1 saturated heterocycles. The van der Waals surface area contributed by atoms with E-state index in [0.717, 1.165) is 44.9 Å². The topological polar surface area (TPSA) is 169 Å². The Balaban J connectivity index is 2.04. The highest BCUT2D eigenvalue weighted by Crippen LogP contribution is 2.24. The van der Waals surface area contributed by atoms with Crippen molar-refractivity contribution in [3.8, 4) is 0 Å². The fourth-order valence-corrected chi connectivity index (χ4v) is 10.2. The van der Waals surface area contributed by atoms with Gasteiger partial charge in [-0.25, -0.2) is 0 Å². The Bertz CT molecular complexity index is 1070. The van der Waals surface area contributed by atoms with Gasteiger partial charge in [0.15, 0.2) is 6.29 Å². The fraction of sp³-hybridized carbons (Fsp3) is 0.983. The first-order valence-corrected chi connectivity index (χ1v) is 30.3. The first-order chi connectivity index (χ1) is 33.8. The summed E-state index contributed by atoms with van der Waals surface area (Å²) < 4.78 is 11.2. The Morgan fingerprint density at radius 2 is 0.754 bits per heavy atom. The predicted octanol–water partition coefficient (Wildman–Crippen LogP) is 14.0. The largest absolute Gasteiger partial charge is 0.394 e. The Morgan fingerprint density at radius 1 is 0.449 bits per heavy atom. The van der Waals surface area contributed by atoms with Crippen LogP contribution in [0.25, 0.3) is 0 Å². The third-order valence-corrected chi connectivity index (χ3v) is 15.1. The van der Waals surface area contributed by atoms with Gasteiger partial charge in [-0.2, -0.15) is 0 Å². The van der Waals surface area contributed by atoms with Crippen molar-refractivity contribution in [1.29, 1.82) is 0 Å². The van der Waals surface area contributed by atoms with Crippen LogP contribution in [0.3, 0.4) is 0 Å². The van der Waals surface area contributed by atoms with Crippen LogP contribution in [0.4, 0.5) is 0 Å². The number of nitrogens with one attached hydrogen (secondary N) is 1. The smallest absolute Gasteiger partial charge is 0.220 e. The van der Waals surface area contributed by atoms with Crippen LogP contribution in [0, 0.1) is 0 Å². The number of amides is 1. The maximum atomic E-state index is 13.0. The van der Waals surface area contributed by atoms with Crippen LogP contribution in [0.15, 0.2) is 0 Å². The van der Waals surface area contributed by atoms with Crippen molar-refractivity contribution in [2.24, 2.45) is 0 Å². The molecule has 0 aromatic heterocycles. The van der Waals surface area contributed by atoms with Crippen molar-refractivity contribution in [1.82, 2.24) is 5.32 Å². The van der Waals surface area contributed by atoms with Crippen LogP contribution >= 0.6 is 0 Å². The monoisotopic (exact) mass is 984 g/mol. The lowest BCUT2D eigenvalue weighted by Gasteiger charge is -2.40. The van der Waals surface area contributed by atoms with Crippen molar-refractivity contribution in [3.63, 3.8) is 0 Å². The molecule has 10 nitrogen and oxygen atoms in total. The molecule has 8 atom stereocenters. The molecule has 0 spiro atoms. The molecule has 0 saturated carbocycles. The number of ether oxygens (including phenoxy) is 2. The average molecular weight is 985 g/mol. The number of hydrogen-bond acceptors (Lipinski definition) is 9. The van der Waals surface area contributed by atoms with Gasteiger partial charge in [-0.3, -0.25) is 4.79 Å². The van der Waals surface area contributed by atoms with E-state index in [1.54, 1.807) is 0 Å². The second kappa shape index (κ2) is 49.4. The van der Waals surface area contributed by atoms with Crippen LogP contribution in [0.2, 0.25) is 0 Å². The zero-order valence-corrected chi connectivity index (χ0v) is 45.5. The summed E-state index contributed by atoms with van der Waals surface area (Å²) in [5, 5.41) is 65.2. The SMILES string of the molecule is CCCCCCCCCCCCCCCCCCCCCCCCCCCCCCCCCCCCCC(=O)N[C@@H](CO[C@@H]1O[C@H](CO)[C@@H](O)C(O)C1O)[C@H](O)[C@H](O)CCCCCCCCCCC. The van der Waals surface area contributed by atoms with Crippen LogP contribution < -0.4 is 5.32 Å². The molecule has 0 radical (unpaired) electrons. The van der Waals surface area contributed by atoms with Gasteiger partial charge in [0.2, 0.25) is 5.91 Å². The van der Waals surface area contributed by atoms with E-state index in [2.05, 4.69) is 19.2 Å². The number of aliphatic hydroxyl groups excluding tert-OH is 6. The van der Waals surface area contributed by atoms with E-state index in [0.29, 0.717) is 6.42 Å². The molecular formula is C59H117NO9. The standard InChI is InChI=1S/C59H117NO9/c1-3-5-7-9-11-13-14-15-16-17-18-19-20-21-22-23-24-25-26-27-28-29-30-31-32-33-34-35-36-37-38-40-42-44-46-48-54(63)60-51(50-68-59-58(67)57(66)56(65)53(49-61)69-59)55(64)52(62)47-45-43-41-39-12-10-8-6-4-2/h51-53,55-59,61-62,64-67H,3-50H2,1-2H3,(H,60,63)/t51-,52+,53+,55-,56+,57?,58?,59+/m0/s1. The molecule has 1 amide bonds. The van der Waals surface area contributed by atoms with Gasteiger partial charge in [0.05, 0.1) is 25.4 Å². The Morgan fingerprint density at radius 3 is 1.07 bits per heavy atom. The molecule has 1 rings (SSSR count). The summed E-state index contributed by atoms with van der Waals surface area (Å²) in [5.74, 6) is -0.252. The molecule has 0 aliphatic carbocycles. The highest BCUT2D eigenvalue weighted by molar-refractivity contribution is 5.76. The van der Waals surface area contributed by atoms with E-state index < -0.39 is 55.6 Å². The van der Waals surface area contributed by atoms with E-state index >= 15 is 0 Å². The lowest BCUT2D eigenvalue weighted by atomic mass is 9.98. The quantitative estimate of drug-likeness (QED) is 0.0293. The van der Waals surface area contributed by atoms with E-state index in [4.69, 9.17) is 9.47 Å². The molecule has 0 aromatic carbocycles. The molecule has 0 bridgehead atoms. The number of carbonyl (C=O) groups is 1. The van der Waals surface area contributed by atoms with E-state index in [1.807, 2.05) is 0 Å². The van der Waals surface area contributed by atoms with Gasteiger partial charge in [0.25, 0.3) is 0 Å². The summed E-state index contributed by atoms with van der Waals surface area (Å²) in [6.07, 6.45) is 49.0. The lowest BCUT2D eigenvalue weighted by molar-refractivity contribution is -0.303. The maximum absolute atomic E-state index is 13.0. The molecule has 0 aromatic rings. The number of aliphatic hydroxyl groups is 6. The molecule has 7 N–H and O–H groups in total. The van der Waals surface area contributed by atoms with Gasteiger partial charge < -0.3 is 45.4 Å². The summed E-state index contributed by atoms with van der Waals surface area (Å²) in [6.45, 7) is 3.62. The third-order valence-electron chi connectivity index (χ3n) is 15.1. The average Bonchev–Trinajstić information content (AvgIpc) is 3.35. The van der Waals surface area contributed by atoms with E-state index in [1.165, 1.54) is 238 Å². The molecule has 1 aliphatic heterocycles. The molecule has 1 fully saturated rings. The van der Waals surface area contributed by atoms with E-state index in [-0.39, 0.29) is 18.9 Å². The minimum atomic E-state index is -1.60. The third kappa shape index (κ3) is 38.4. The highest BCUT2D eigenvalue weighted by Gasteiger charge is 2.44. The van der Waals surface area contributed by atoms with Crippen molar-refractivity contribution in [2.45, 2.75) is 358 Å². The first-order valence-electron chi connectivity index (χ1n) is 30.3. The predicted molar refractivity (Wildman–Crippen MR) is 287 cm³/mol. The summed E-state index contributed by atoms with van der Waals surface area (Å²) in [7, 11) is 0. The molecule has 10 heteroatoms. The molecule has 1 aliphatic rings. The first kappa shape index (κ1) is 66.2. The summed E-state index contributed by atoms with van der Waals surface area (Å²) in [5.41, 5.74) is 0. The maximum Gasteiger partial charge on any atom is 0.220 e. The second-order valence-corrected chi connectivity index (χ2v) is 21.7. The second-order valence-electron chi connectivity index (χ2n) is 21.7. The molecule has 412 valence electrons. The van der Waals surface area contributed by atoms with Crippen LogP contribution in [-0.4, -0.2) is 98.7 Å². The fourth-order valence-electron chi connectivity index (χ4n) is 10.2. The Labute approximate surface area is 426 Å². The van der Waals surface area contributed by atoms with E-state index in [9.17, 15) is 35.4 Å². The summed E-state index contributed by atoms with van der Waals surface area (Å²) in [4.78, 5) is 13.0. The number of hydrogen-bond donors (Lipinski definition) is 7. The lowest BCUT2D eigenvalue weighted by Crippen LogP contribution is -2.60. The van der Waals surface area contributed by atoms with Crippen LogP contribution in [-0.2, 0) is 14.3 Å². The minimum Gasteiger partial charge on any atom is -0.394 e. The van der Waals surface area contributed by atoms with Crippen LogP contribution in [0.5, 0.6) is 0 Å². The zero-order valence-electron chi connectivity index (χ0n) is 45.5. The Hall–Kier alpha value is -0.850. The van der Waals surface area contributed by atoms with Gasteiger partial charge in [-0.1, -0.05) is 290 Å². The molecular weight excluding hydrogens is 867 g/mol. The number of rotatable bonds is 53. The van der Waals surface area contributed by atoms with Gasteiger partial charge in [-0.15, -0.1) is 0 Å². The van der Waals surface area contributed by atoms with Gasteiger partial charge >= 0.3 is 0 Å². The highest BCUT2D eigenvalue weighted by atomic mass is 16.7. The van der Waals surface area contributed by atoms with Crippen molar-refractivity contribution < 1.29 is 44.9 Å². The molecule has 69 heavy (non-hydrogen) atoms. The van der Waals surface area contributed by atoms with Crippen molar-refractivity contribution in [2.75, 3.05) is 13.2 Å². The zero-order chi connectivity index (χ0) is 50.3. The minimum absolute atomic E-state index is 0.252. The molecule has 1 heterocycles. The van der Waals surface area contributed by atoms with Gasteiger partial charge in [-0.05, 0) is 12.8 Å². The number of carbonyl (C=O) groups excluding carboxylic acids is 1. The Kier molecular flexibility index (Phi) is 47.3. The number of unbranched alkanes of at least 4 members (excludes halogenated alkanes) is 42. The summed E-state index contributed by atoms with van der Waals surface area (Å²) >= 11 is 0. The van der Waals surface area contributed by atoms with Gasteiger partial charge in [0, 0.05) is 6.42 Å². The summed E-state index contributed by atoms with van der Waals surface area (Å²) in [6, 6.07) is -0.985. The van der Waals surface area contributed by atoms with Crippen LogP contribution in [0.1, 0.15) is 309 Å². The van der Waals surface area contributed by atoms with Crippen molar-refractivity contribution >= 4 is 5.91 Å². The van der Waals surface area contributed by atoms with Crippen molar-refractivity contribution in [3.05, 3.63) is 0 Å². The van der Waals surface area contributed by atoms with Gasteiger partial charge in [0.1, 0.15) is 30.5 Å². The molecule has 2 unspecified atom stereocenters. The normalized spacial score (nSPS) is 19.8.